The van der Waals surface area contributed by atoms with E-state index in [0.29, 0.717) is 0 Å². The number of carbonyl (C=O) groups is 2. The van der Waals surface area contributed by atoms with Crippen molar-refractivity contribution < 1.29 is 24.2 Å². The minimum Gasteiger partial charge on any atom is -0.478 e. The molecule has 6 heteroatoms. The summed E-state index contributed by atoms with van der Waals surface area (Å²) in [7, 11) is -1.09. The summed E-state index contributed by atoms with van der Waals surface area (Å²) >= 11 is 0. The topological polar surface area (TPSA) is 83.8 Å². The van der Waals surface area contributed by atoms with Gasteiger partial charge in [-0.05, 0) is 49.8 Å². The molecule has 1 aliphatic heterocycles. The van der Waals surface area contributed by atoms with Crippen LogP contribution in [0.4, 0.5) is 0 Å². The van der Waals surface area contributed by atoms with Crippen LogP contribution in [0.2, 0.25) is 19.1 Å². The van der Waals surface area contributed by atoms with Crippen LogP contribution in [0.15, 0.2) is 24.3 Å². The number of hydrogen-bond donors (Lipinski definition) is 2. The molecule has 0 aliphatic carbocycles. The third kappa shape index (κ3) is 5.54. The molecule has 1 aliphatic rings. The van der Waals surface area contributed by atoms with Crippen molar-refractivity contribution in [2.45, 2.75) is 32.0 Å². The van der Waals surface area contributed by atoms with E-state index in [4.69, 9.17) is 14.6 Å². The van der Waals surface area contributed by atoms with Crippen LogP contribution in [0, 0.1) is 0 Å². The van der Waals surface area contributed by atoms with Gasteiger partial charge in [-0.2, -0.15) is 0 Å². The highest BCUT2D eigenvalue weighted by molar-refractivity contribution is 6.71. The third-order valence-corrected chi connectivity index (χ3v) is 5.59. The Labute approximate surface area is 119 Å². The largest absolute Gasteiger partial charge is 0.478 e. The van der Waals surface area contributed by atoms with Gasteiger partial charge in [0.1, 0.15) is 0 Å². The van der Waals surface area contributed by atoms with Crippen LogP contribution in [-0.2, 0) is 4.43 Å². The maximum atomic E-state index is 10.3. The molecule has 1 fully saturated rings. The van der Waals surface area contributed by atoms with Crippen molar-refractivity contribution >= 4 is 20.3 Å². The van der Waals surface area contributed by atoms with Gasteiger partial charge in [0, 0.05) is 6.61 Å². The molecular weight excluding hydrogens is 276 g/mol. The second-order valence-corrected chi connectivity index (χ2v) is 9.56. The molecule has 2 rings (SSSR count). The molecule has 1 saturated heterocycles. The maximum Gasteiger partial charge on any atom is 0.335 e. The van der Waals surface area contributed by atoms with Gasteiger partial charge in [0.05, 0.1) is 11.1 Å². The SMILES string of the molecule is C[Si]1(C)CCCCO1.O=C(O)c1ccc(C(=O)O)cc1. The molecule has 1 heterocycles. The van der Waals surface area contributed by atoms with Gasteiger partial charge in [0.2, 0.25) is 0 Å². The normalized spacial score (nSPS) is 16.7. The lowest BCUT2D eigenvalue weighted by Crippen LogP contribution is -2.33. The zero-order valence-corrected chi connectivity index (χ0v) is 12.8. The van der Waals surface area contributed by atoms with E-state index in [1.165, 1.54) is 43.2 Å². The predicted molar refractivity (Wildman–Crippen MR) is 77.8 cm³/mol. The van der Waals surface area contributed by atoms with E-state index in [9.17, 15) is 9.59 Å². The number of carboxylic acid groups (broad SMARTS) is 2. The molecule has 0 radical (unpaired) electrons. The first-order valence-electron chi connectivity index (χ1n) is 6.52. The Hall–Kier alpha value is -1.66. The molecule has 110 valence electrons. The number of hydrogen-bond acceptors (Lipinski definition) is 3. The molecule has 1 aromatic rings. The lowest BCUT2D eigenvalue weighted by Gasteiger charge is -2.27. The van der Waals surface area contributed by atoms with Gasteiger partial charge < -0.3 is 14.6 Å². The van der Waals surface area contributed by atoms with Gasteiger partial charge in [-0.1, -0.05) is 6.42 Å². The molecule has 0 saturated carbocycles. The molecule has 2 N–H and O–H groups in total. The average molecular weight is 296 g/mol. The Morgan fingerprint density at radius 3 is 1.65 bits per heavy atom. The Kier molecular flexibility index (Phi) is 5.91. The highest BCUT2D eigenvalue weighted by Crippen LogP contribution is 2.20. The number of carboxylic acids is 2. The van der Waals surface area contributed by atoms with E-state index in [1.807, 2.05) is 0 Å². The van der Waals surface area contributed by atoms with Crippen molar-refractivity contribution in [1.82, 2.24) is 0 Å². The molecule has 0 bridgehead atoms. The summed E-state index contributed by atoms with van der Waals surface area (Å²) in [6, 6.07) is 6.39. The molecular formula is C14H20O5Si. The Bertz CT molecular complexity index is 426. The lowest BCUT2D eigenvalue weighted by molar-refractivity contribution is 0.0681. The van der Waals surface area contributed by atoms with Gasteiger partial charge in [-0.25, -0.2) is 9.59 Å². The van der Waals surface area contributed by atoms with Crippen LogP contribution in [-0.4, -0.2) is 37.1 Å². The Morgan fingerprint density at radius 1 is 1.00 bits per heavy atom. The quantitative estimate of drug-likeness (QED) is 0.819. The summed E-state index contributed by atoms with van der Waals surface area (Å²) in [5.41, 5.74) is 0.167. The first-order valence-corrected chi connectivity index (χ1v) is 9.64. The Morgan fingerprint density at radius 2 is 1.45 bits per heavy atom. The second kappa shape index (κ2) is 7.21. The highest BCUT2D eigenvalue weighted by Gasteiger charge is 2.24. The van der Waals surface area contributed by atoms with Crippen LogP contribution in [0.5, 0.6) is 0 Å². The fraction of sp³-hybridized carbons (Fsp3) is 0.429. The first-order chi connectivity index (χ1) is 9.32. The average Bonchev–Trinajstić information content (AvgIpc) is 2.39. The summed E-state index contributed by atoms with van der Waals surface area (Å²) in [5, 5.41) is 16.9. The summed E-state index contributed by atoms with van der Waals surface area (Å²) in [6.45, 7) is 5.62. The summed E-state index contributed by atoms with van der Waals surface area (Å²) in [6.07, 6.45) is 2.69. The van der Waals surface area contributed by atoms with E-state index >= 15 is 0 Å². The van der Waals surface area contributed by atoms with E-state index in [1.54, 1.807) is 0 Å². The first kappa shape index (κ1) is 16.4. The number of rotatable bonds is 2. The van der Waals surface area contributed by atoms with Crippen LogP contribution in [0.1, 0.15) is 33.6 Å². The maximum absolute atomic E-state index is 10.3. The van der Waals surface area contributed by atoms with Crippen molar-refractivity contribution in [1.29, 1.82) is 0 Å². The summed E-state index contributed by atoms with van der Waals surface area (Å²) in [5.74, 6) is -2.13. The highest BCUT2D eigenvalue weighted by atomic mass is 28.4. The third-order valence-electron chi connectivity index (χ3n) is 3.04. The van der Waals surface area contributed by atoms with Crippen LogP contribution >= 0.6 is 0 Å². The minimum atomic E-state index is -1.09. The number of aromatic carboxylic acids is 2. The zero-order valence-electron chi connectivity index (χ0n) is 11.8. The summed E-state index contributed by atoms with van der Waals surface area (Å²) in [4.78, 5) is 20.7. The van der Waals surface area contributed by atoms with Crippen LogP contribution < -0.4 is 0 Å². The van der Waals surface area contributed by atoms with Crippen molar-refractivity contribution in [3.05, 3.63) is 35.4 Å². The molecule has 0 aromatic heterocycles. The minimum absolute atomic E-state index is 0.0833. The van der Waals surface area contributed by atoms with Crippen LogP contribution in [0.25, 0.3) is 0 Å². The molecule has 1 aromatic carbocycles. The van der Waals surface area contributed by atoms with Gasteiger partial charge in [-0.3, -0.25) is 0 Å². The van der Waals surface area contributed by atoms with E-state index in [2.05, 4.69) is 13.1 Å². The van der Waals surface area contributed by atoms with E-state index < -0.39 is 20.3 Å². The monoisotopic (exact) mass is 296 g/mol. The van der Waals surface area contributed by atoms with Crippen molar-refractivity contribution in [3.8, 4) is 0 Å². The van der Waals surface area contributed by atoms with Crippen molar-refractivity contribution in [3.63, 3.8) is 0 Å². The standard InChI is InChI=1S/C8H6O4.C6H14OSi/c9-7(10)5-1-2-6(4-3-5)8(11)12;1-8(2)6-4-3-5-7-8/h1-4H,(H,9,10)(H,11,12);3-6H2,1-2H3. The van der Waals surface area contributed by atoms with Crippen molar-refractivity contribution in [2.24, 2.45) is 0 Å². The lowest BCUT2D eigenvalue weighted by atomic mass is 10.1. The Balaban J connectivity index is 0.000000217. The van der Waals surface area contributed by atoms with E-state index in [0.717, 1.165) is 6.61 Å². The molecule has 0 spiro atoms. The molecule has 0 atom stereocenters. The van der Waals surface area contributed by atoms with Gasteiger partial charge in [-0.15, -0.1) is 0 Å². The summed E-state index contributed by atoms with van der Waals surface area (Å²) < 4.78 is 5.60. The smallest absolute Gasteiger partial charge is 0.335 e. The molecule has 20 heavy (non-hydrogen) atoms. The zero-order chi connectivity index (χ0) is 15.2. The molecule has 5 nitrogen and oxygen atoms in total. The fourth-order valence-electron chi connectivity index (χ4n) is 1.83. The van der Waals surface area contributed by atoms with Gasteiger partial charge in [0.25, 0.3) is 0 Å². The second-order valence-electron chi connectivity index (χ2n) is 5.25. The predicted octanol–water partition coefficient (Wildman–Crippen LogP) is 3.08. The van der Waals surface area contributed by atoms with Gasteiger partial charge >= 0.3 is 11.9 Å². The molecule has 0 unspecified atom stereocenters. The van der Waals surface area contributed by atoms with E-state index in [-0.39, 0.29) is 11.1 Å². The van der Waals surface area contributed by atoms with Crippen LogP contribution in [0.3, 0.4) is 0 Å². The van der Waals surface area contributed by atoms with Gasteiger partial charge in [0.15, 0.2) is 8.32 Å². The fourth-order valence-corrected chi connectivity index (χ4v) is 3.77. The molecule has 0 amide bonds. The van der Waals surface area contributed by atoms with Crippen molar-refractivity contribution in [2.75, 3.05) is 6.61 Å². The number of benzene rings is 1.